The number of amides is 2. The molecule has 2 heterocycles. The zero-order valence-electron chi connectivity index (χ0n) is 19.0. The Hall–Kier alpha value is -3.26. The third kappa shape index (κ3) is 5.39. The van der Waals surface area contributed by atoms with E-state index in [1.54, 1.807) is 30.6 Å². The second kappa shape index (κ2) is 10.1. The van der Waals surface area contributed by atoms with Gasteiger partial charge in [-0.15, -0.1) is 0 Å². The van der Waals surface area contributed by atoms with Crippen LogP contribution in [0.4, 0.5) is 10.1 Å². The summed E-state index contributed by atoms with van der Waals surface area (Å²) in [7, 11) is 0. The van der Waals surface area contributed by atoms with Crippen LogP contribution in [0.15, 0.2) is 42.7 Å². The van der Waals surface area contributed by atoms with Gasteiger partial charge in [-0.05, 0) is 49.1 Å². The summed E-state index contributed by atoms with van der Waals surface area (Å²) in [5, 5.41) is 2.85. The van der Waals surface area contributed by atoms with E-state index in [2.05, 4.69) is 10.3 Å². The lowest BCUT2D eigenvalue weighted by Crippen LogP contribution is -2.38. The molecule has 4 rings (SSSR count). The molecule has 2 aromatic carbocycles. The SMILES string of the molecule is CCCN(C[C@H]1CCCO1)C(=O)c1cc(NC(C)=O)c2c(c1)ncn2Cc1ccc(F)cc1. The van der Waals surface area contributed by atoms with Gasteiger partial charge in [-0.25, -0.2) is 9.37 Å². The zero-order valence-corrected chi connectivity index (χ0v) is 19.0. The number of imidazole rings is 1. The lowest BCUT2D eigenvalue weighted by Gasteiger charge is -2.25. The Morgan fingerprint density at radius 1 is 1.27 bits per heavy atom. The number of halogens is 1. The highest BCUT2D eigenvalue weighted by molar-refractivity contribution is 6.05. The summed E-state index contributed by atoms with van der Waals surface area (Å²) in [4.78, 5) is 31.7. The number of rotatable bonds is 8. The Bertz CT molecular complexity index is 1140. The van der Waals surface area contributed by atoms with Crippen molar-refractivity contribution in [3.05, 3.63) is 59.7 Å². The molecule has 1 aliphatic rings. The van der Waals surface area contributed by atoms with E-state index in [9.17, 15) is 14.0 Å². The number of nitrogens with one attached hydrogen (secondary N) is 1. The smallest absolute Gasteiger partial charge is 0.254 e. The first-order valence-corrected chi connectivity index (χ1v) is 11.4. The van der Waals surface area contributed by atoms with Gasteiger partial charge < -0.3 is 19.5 Å². The van der Waals surface area contributed by atoms with Gasteiger partial charge in [0.25, 0.3) is 5.91 Å². The molecule has 1 aromatic heterocycles. The molecule has 7 nitrogen and oxygen atoms in total. The third-order valence-corrected chi connectivity index (χ3v) is 5.77. The van der Waals surface area contributed by atoms with Crippen molar-refractivity contribution in [2.45, 2.75) is 45.8 Å². The number of anilines is 1. The number of carbonyl (C=O) groups excluding carboxylic acids is 2. The van der Waals surface area contributed by atoms with Gasteiger partial charge in [0.2, 0.25) is 5.91 Å². The van der Waals surface area contributed by atoms with Crippen LogP contribution in [0.5, 0.6) is 0 Å². The van der Waals surface area contributed by atoms with Crippen LogP contribution in [0, 0.1) is 5.82 Å². The molecule has 0 radical (unpaired) electrons. The quantitative estimate of drug-likeness (QED) is 0.555. The zero-order chi connectivity index (χ0) is 23.4. The molecular formula is C25H29FN4O3. The molecule has 1 N–H and O–H groups in total. The standard InChI is InChI=1S/C25H29FN4O3/c1-3-10-29(15-21-5-4-11-33-21)25(32)19-12-22-24(23(13-19)28-17(2)31)30(16-27-22)14-18-6-8-20(26)9-7-18/h6-9,12-13,16,21H,3-5,10-11,14-15H2,1-2H3,(H,28,31)/t21-/m1/s1. The predicted molar refractivity (Wildman–Crippen MR) is 125 cm³/mol. The second-order valence-electron chi connectivity index (χ2n) is 8.46. The molecular weight excluding hydrogens is 423 g/mol. The largest absolute Gasteiger partial charge is 0.376 e. The van der Waals surface area contributed by atoms with Gasteiger partial charge in [-0.1, -0.05) is 19.1 Å². The van der Waals surface area contributed by atoms with Crippen molar-refractivity contribution < 1.29 is 18.7 Å². The van der Waals surface area contributed by atoms with E-state index in [-0.39, 0.29) is 23.7 Å². The minimum atomic E-state index is -0.295. The van der Waals surface area contributed by atoms with Crippen LogP contribution >= 0.6 is 0 Å². The number of benzene rings is 2. The van der Waals surface area contributed by atoms with Crippen LogP contribution in [-0.4, -0.2) is 52.1 Å². The Kier molecular flexibility index (Phi) is 7.03. The fourth-order valence-electron chi connectivity index (χ4n) is 4.29. The highest BCUT2D eigenvalue weighted by Gasteiger charge is 2.24. The van der Waals surface area contributed by atoms with E-state index in [0.29, 0.717) is 41.9 Å². The van der Waals surface area contributed by atoms with Crippen LogP contribution in [-0.2, 0) is 16.1 Å². The molecule has 3 aromatic rings. The Morgan fingerprint density at radius 2 is 2.06 bits per heavy atom. The summed E-state index contributed by atoms with van der Waals surface area (Å²) in [5.41, 5.74) is 3.23. The van der Waals surface area contributed by atoms with E-state index in [0.717, 1.165) is 31.4 Å². The molecule has 33 heavy (non-hydrogen) atoms. The topological polar surface area (TPSA) is 76.5 Å². The Balaban J connectivity index is 1.68. The first kappa shape index (κ1) is 22.9. The van der Waals surface area contributed by atoms with Gasteiger partial charge in [-0.3, -0.25) is 9.59 Å². The molecule has 8 heteroatoms. The van der Waals surface area contributed by atoms with Crippen LogP contribution in [0.25, 0.3) is 11.0 Å². The predicted octanol–water partition coefficient (Wildman–Crippen LogP) is 4.21. The number of fused-ring (bicyclic) bond motifs is 1. The normalized spacial score (nSPS) is 15.7. The van der Waals surface area contributed by atoms with E-state index in [4.69, 9.17) is 4.74 Å². The maximum Gasteiger partial charge on any atom is 0.254 e. The average Bonchev–Trinajstić information content (AvgIpc) is 3.44. The Labute approximate surface area is 192 Å². The fraction of sp³-hybridized carbons (Fsp3) is 0.400. The van der Waals surface area contributed by atoms with Crippen LogP contribution < -0.4 is 5.32 Å². The van der Waals surface area contributed by atoms with Crippen molar-refractivity contribution in [2.24, 2.45) is 0 Å². The second-order valence-corrected chi connectivity index (χ2v) is 8.46. The lowest BCUT2D eigenvalue weighted by atomic mass is 10.1. The van der Waals surface area contributed by atoms with E-state index >= 15 is 0 Å². The molecule has 0 spiro atoms. The van der Waals surface area contributed by atoms with Crippen molar-refractivity contribution in [1.29, 1.82) is 0 Å². The fourth-order valence-corrected chi connectivity index (χ4v) is 4.29. The highest BCUT2D eigenvalue weighted by atomic mass is 19.1. The summed E-state index contributed by atoms with van der Waals surface area (Å²) in [5.74, 6) is -0.634. The number of nitrogens with zero attached hydrogens (tertiary/aromatic N) is 3. The number of hydrogen-bond donors (Lipinski definition) is 1. The lowest BCUT2D eigenvalue weighted by molar-refractivity contribution is -0.114. The highest BCUT2D eigenvalue weighted by Crippen LogP contribution is 2.27. The van der Waals surface area contributed by atoms with Gasteiger partial charge in [0, 0.05) is 38.7 Å². The molecule has 1 aliphatic heterocycles. The van der Waals surface area contributed by atoms with Crippen molar-refractivity contribution in [3.8, 4) is 0 Å². The minimum absolute atomic E-state index is 0.0639. The summed E-state index contributed by atoms with van der Waals surface area (Å²) < 4.78 is 20.9. The van der Waals surface area contributed by atoms with Gasteiger partial charge in [-0.2, -0.15) is 0 Å². The van der Waals surface area contributed by atoms with Crippen LogP contribution in [0.1, 0.15) is 49.0 Å². The molecule has 1 atom stereocenters. The molecule has 0 bridgehead atoms. The molecule has 1 fully saturated rings. The minimum Gasteiger partial charge on any atom is -0.376 e. The maximum absolute atomic E-state index is 13.4. The third-order valence-electron chi connectivity index (χ3n) is 5.77. The summed E-state index contributed by atoms with van der Waals surface area (Å²) in [6, 6.07) is 9.73. The van der Waals surface area contributed by atoms with Gasteiger partial charge in [0.15, 0.2) is 0 Å². The molecule has 174 valence electrons. The maximum atomic E-state index is 13.4. The average molecular weight is 453 g/mol. The molecule has 0 aliphatic carbocycles. The first-order valence-electron chi connectivity index (χ1n) is 11.4. The van der Waals surface area contributed by atoms with Gasteiger partial charge in [0.1, 0.15) is 5.82 Å². The first-order chi connectivity index (χ1) is 15.9. The summed E-state index contributed by atoms with van der Waals surface area (Å²) in [6.45, 7) is 5.85. The summed E-state index contributed by atoms with van der Waals surface area (Å²) in [6.07, 6.45) is 4.55. The number of hydrogen-bond acceptors (Lipinski definition) is 4. The summed E-state index contributed by atoms with van der Waals surface area (Å²) >= 11 is 0. The molecule has 1 saturated heterocycles. The van der Waals surface area contributed by atoms with Crippen molar-refractivity contribution in [1.82, 2.24) is 14.5 Å². The number of carbonyl (C=O) groups is 2. The van der Waals surface area contributed by atoms with E-state index in [1.807, 2.05) is 16.4 Å². The van der Waals surface area contributed by atoms with E-state index in [1.165, 1.54) is 19.1 Å². The van der Waals surface area contributed by atoms with Crippen molar-refractivity contribution in [2.75, 3.05) is 25.0 Å². The number of aromatic nitrogens is 2. The van der Waals surface area contributed by atoms with Gasteiger partial charge >= 0.3 is 0 Å². The molecule has 2 amide bonds. The molecule has 0 saturated carbocycles. The van der Waals surface area contributed by atoms with Crippen molar-refractivity contribution in [3.63, 3.8) is 0 Å². The van der Waals surface area contributed by atoms with Crippen LogP contribution in [0.3, 0.4) is 0 Å². The van der Waals surface area contributed by atoms with Gasteiger partial charge in [0.05, 0.1) is 29.2 Å². The Morgan fingerprint density at radius 3 is 2.73 bits per heavy atom. The number of ether oxygens (including phenoxy) is 1. The van der Waals surface area contributed by atoms with E-state index < -0.39 is 0 Å². The molecule has 0 unspecified atom stereocenters. The van der Waals surface area contributed by atoms with Crippen LogP contribution in [0.2, 0.25) is 0 Å². The van der Waals surface area contributed by atoms with Crippen molar-refractivity contribution >= 4 is 28.5 Å². The monoisotopic (exact) mass is 452 g/mol.